The fourth-order valence-electron chi connectivity index (χ4n) is 2.07. The summed E-state index contributed by atoms with van der Waals surface area (Å²) in [5.74, 6) is -1.79. The van der Waals surface area contributed by atoms with Crippen LogP contribution in [0.4, 0.5) is 10.1 Å². The highest BCUT2D eigenvalue weighted by Gasteiger charge is 2.20. The zero-order valence-corrected chi connectivity index (χ0v) is 15.8. The van der Waals surface area contributed by atoms with Crippen LogP contribution < -0.4 is 4.72 Å². The van der Waals surface area contributed by atoms with Crippen molar-refractivity contribution in [1.29, 1.82) is 0 Å². The van der Waals surface area contributed by atoms with Gasteiger partial charge in [-0.1, -0.05) is 12.1 Å². The second-order valence-electron chi connectivity index (χ2n) is 5.93. The van der Waals surface area contributed by atoms with Gasteiger partial charge in [-0.05, 0) is 42.8 Å². The van der Waals surface area contributed by atoms with Gasteiger partial charge in [0.05, 0.1) is 16.1 Å². The van der Waals surface area contributed by atoms with Crippen LogP contribution >= 0.6 is 0 Å². The third kappa shape index (κ3) is 5.04. The maximum absolute atomic E-state index is 13.4. The van der Waals surface area contributed by atoms with Crippen molar-refractivity contribution in [3.05, 3.63) is 59.4 Å². The molecule has 144 valence electrons. The first-order chi connectivity index (χ1) is 12.6. The maximum atomic E-state index is 13.4. The highest BCUT2D eigenvalue weighted by Crippen LogP contribution is 2.22. The first-order valence-corrected chi connectivity index (χ1v) is 9.35. The Labute approximate surface area is 156 Å². The lowest BCUT2D eigenvalue weighted by atomic mass is 10.2. The van der Waals surface area contributed by atoms with Gasteiger partial charge in [-0.3, -0.25) is 9.52 Å². The SMILES string of the molecule is Cc1cc(S(=O)(=O)Nc2ccccc2C(=O)OCC(=O)N(C)C)ccc1F. The van der Waals surface area contributed by atoms with Gasteiger partial charge >= 0.3 is 5.97 Å². The molecule has 0 aliphatic rings. The van der Waals surface area contributed by atoms with Crippen LogP contribution in [0.3, 0.4) is 0 Å². The zero-order valence-electron chi connectivity index (χ0n) is 15.0. The third-order valence-corrected chi connectivity index (χ3v) is 5.02. The Morgan fingerprint density at radius 2 is 1.81 bits per heavy atom. The van der Waals surface area contributed by atoms with Gasteiger partial charge in [-0.15, -0.1) is 0 Å². The Morgan fingerprint density at radius 1 is 1.15 bits per heavy atom. The largest absolute Gasteiger partial charge is 0.452 e. The number of aryl methyl sites for hydroxylation is 1. The Balaban J connectivity index is 2.25. The number of hydrogen-bond donors (Lipinski definition) is 1. The molecule has 1 amide bonds. The van der Waals surface area contributed by atoms with E-state index in [4.69, 9.17) is 4.74 Å². The summed E-state index contributed by atoms with van der Waals surface area (Å²) in [5.41, 5.74) is 0.112. The molecule has 0 aliphatic heterocycles. The number of sulfonamides is 1. The predicted molar refractivity (Wildman–Crippen MR) is 97.4 cm³/mol. The van der Waals surface area contributed by atoms with E-state index >= 15 is 0 Å². The van der Waals surface area contributed by atoms with Gasteiger partial charge in [0.1, 0.15) is 5.82 Å². The number of benzene rings is 2. The summed E-state index contributed by atoms with van der Waals surface area (Å²) in [6, 6.07) is 9.20. The average molecular weight is 394 g/mol. The minimum Gasteiger partial charge on any atom is -0.452 e. The van der Waals surface area contributed by atoms with Crippen LogP contribution in [0.15, 0.2) is 47.4 Å². The van der Waals surface area contributed by atoms with E-state index in [1.54, 1.807) is 0 Å². The molecule has 0 aromatic heterocycles. The van der Waals surface area contributed by atoms with Gasteiger partial charge in [0.25, 0.3) is 15.9 Å². The lowest BCUT2D eigenvalue weighted by Crippen LogP contribution is -2.27. The molecule has 27 heavy (non-hydrogen) atoms. The summed E-state index contributed by atoms with van der Waals surface area (Å²) >= 11 is 0. The fourth-order valence-corrected chi connectivity index (χ4v) is 3.24. The lowest BCUT2D eigenvalue weighted by Gasteiger charge is -2.14. The number of ether oxygens (including phenoxy) is 1. The third-order valence-electron chi connectivity index (χ3n) is 3.66. The number of esters is 1. The Kier molecular flexibility index (Phi) is 6.17. The molecule has 0 atom stereocenters. The van der Waals surface area contributed by atoms with Crippen LogP contribution in [-0.4, -0.2) is 45.9 Å². The number of anilines is 1. The molecule has 0 bridgehead atoms. The van der Waals surface area contributed by atoms with Gasteiger partial charge in [-0.25, -0.2) is 17.6 Å². The Morgan fingerprint density at radius 3 is 2.44 bits per heavy atom. The molecule has 2 aromatic rings. The predicted octanol–water partition coefficient (Wildman–Crippen LogP) is 2.18. The molecule has 1 N–H and O–H groups in total. The highest BCUT2D eigenvalue weighted by atomic mass is 32.2. The number of nitrogens with zero attached hydrogens (tertiary/aromatic N) is 1. The fraction of sp³-hybridized carbons (Fsp3) is 0.222. The molecule has 0 unspecified atom stereocenters. The van der Waals surface area contributed by atoms with E-state index in [0.717, 1.165) is 12.1 Å². The van der Waals surface area contributed by atoms with Crippen molar-refractivity contribution in [2.75, 3.05) is 25.4 Å². The molecule has 0 heterocycles. The molecule has 0 saturated carbocycles. The first-order valence-electron chi connectivity index (χ1n) is 7.87. The normalized spacial score (nSPS) is 11.0. The summed E-state index contributed by atoms with van der Waals surface area (Å²) in [5, 5.41) is 0. The van der Waals surface area contributed by atoms with E-state index in [0.29, 0.717) is 0 Å². The quantitative estimate of drug-likeness (QED) is 0.758. The topological polar surface area (TPSA) is 92.8 Å². The van der Waals surface area contributed by atoms with Gasteiger partial charge in [0.15, 0.2) is 6.61 Å². The van der Waals surface area contributed by atoms with E-state index in [1.165, 1.54) is 56.3 Å². The van der Waals surface area contributed by atoms with Crippen molar-refractivity contribution >= 4 is 27.6 Å². The van der Waals surface area contributed by atoms with Crippen molar-refractivity contribution in [3.63, 3.8) is 0 Å². The monoisotopic (exact) mass is 394 g/mol. The number of hydrogen-bond acceptors (Lipinski definition) is 5. The minimum absolute atomic E-state index is 0.0122. The van der Waals surface area contributed by atoms with Crippen LogP contribution in [0.5, 0.6) is 0 Å². The van der Waals surface area contributed by atoms with E-state index in [-0.39, 0.29) is 21.7 Å². The van der Waals surface area contributed by atoms with E-state index in [9.17, 15) is 22.4 Å². The van der Waals surface area contributed by atoms with Gasteiger partial charge < -0.3 is 9.64 Å². The molecule has 0 spiro atoms. The summed E-state index contributed by atoms with van der Waals surface area (Å²) in [6.07, 6.45) is 0. The second kappa shape index (κ2) is 8.17. The highest BCUT2D eigenvalue weighted by molar-refractivity contribution is 7.92. The van der Waals surface area contributed by atoms with Crippen LogP contribution in [0.25, 0.3) is 0 Å². The maximum Gasteiger partial charge on any atom is 0.340 e. The van der Waals surface area contributed by atoms with Gasteiger partial charge in [-0.2, -0.15) is 0 Å². The standard InChI is InChI=1S/C18H19FN2O5S/c1-12-10-13(8-9-15(12)19)27(24,25)20-16-7-5-4-6-14(16)18(23)26-11-17(22)21(2)3/h4-10,20H,11H2,1-3H3. The van der Waals surface area contributed by atoms with Crippen molar-refractivity contribution in [1.82, 2.24) is 4.90 Å². The number of rotatable bonds is 6. The van der Waals surface area contributed by atoms with E-state index < -0.39 is 34.3 Å². The molecular weight excluding hydrogens is 375 g/mol. The summed E-state index contributed by atoms with van der Waals surface area (Å²) in [7, 11) is -1.02. The molecule has 7 nitrogen and oxygen atoms in total. The Bertz CT molecular complexity index is 973. The molecule has 9 heteroatoms. The number of likely N-dealkylation sites (N-methyl/N-ethyl adjacent to an activating group) is 1. The van der Waals surface area contributed by atoms with Crippen molar-refractivity contribution in [2.24, 2.45) is 0 Å². The van der Waals surface area contributed by atoms with Gasteiger partial charge in [0, 0.05) is 14.1 Å². The molecular formula is C18H19FN2O5S. The number of halogens is 1. The van der Waals surface area contributed by atoms with Crippen LogP contribution in [0.1, 0.15) is 15.9 Å². The zero-order chi connectivity index (χ0) is 20.2. The Hall–Kier alpha value is -2.94. The molecule has 0 saturated heterocycles. The summed E-state index contributed by atoms with van der Waals surface area (Å²) < 4.78 is 45.7. The first kappa shape index (κ1) is 20.4. The second-order valence-corrected chi connectivity index (χ2v) is 7.61. The van der Waals surface area contributed by atoms with Crippen molar-refractivity contribution in [2.45, 2.75) is 11.8 Å². The van der Waals surface area contributed by atoms with Crippen LogP contribution in [0, 0.1) is 12.7 Å². The number of para-hydroxylation sites is 1. The number of carbonyl (C=O) groups is 2. The van der Waals surface area contributed by atoms with Gasteiger partial charge in [0.2, 0.25) is 0 Å². The lowest BCUT2D eigenvalue weighted by molar-refractivity contribution is -0.131. The molecule has 0 radical (unpaired) electrons. The summed E-state index contributed by atoms with van der Waals surface area (Å²) in [6.45, 7) is 0.978. The number of amides is 1. The average Bonchev–Trinajstić information content (AvgIpc) is 2.61. The van der Waals surface area contributed by atoms with Crippen LogP contribution in [-0.2, 0) is 19.6 Å². The number of nitrogens with one attached hydrogen (secondary N) is 1. The molecule has 2 rings (SSSR count). The van der Waals surface area contributed by atoms with E-state index in [2.05, 4.69) is 4.72 Å². The van der Waals surface area contributed by atoms with E-state index in [1.807, 2.05) is 0 Å². The molecule has 2 aromatic carbocycles. The van der Waals surface area contributed by atoms with Crippen molar-refractivity contribution in [3.8, 4) is 0 Å². The molecule has 0 aliphatic carbocycles. The molecule has 0 fully saturated rings. The van der Waals surface area contributed by atoms with Crippen molar-refractivity contribution < 1.29 is 27.1 Å². The minimum atomic E-state index is -4.05. The summed E-state index contributed by atoms with van der Waals surface area (Å²) in [4.78, 5) is 24.9. The smallest absolute Gasteiger partial charge is 0.340 e. The van der Waals surface area contributed by atoms with Crippen LogP contribution in [0.2, 0.25) is 0 Å². The number of carbonyl (C=O) groups excluding carboxylic acids is 2.